The first-order valence-electron chi connectivity index (χ1n) is 19.6. The van der Waals surface area contributed by atoms with Gasteiger partial charge in [-0.15, -0.1) is 0 Å². The van der Waals surface area contributed by atoms with Gasteiger partial charge in [0.1, 0.15) is 17.5 Å². The Morgan fingerprint density at radius 3 is 2.42 bits per heavy atom. The van der Waals surface area contributed by atoms with Crippen molar-refractivity contribution < 1.29 is 33.7 Å². The quantitative estimate of drug-likeness (QED) is 0.354. The van der Waals surface area contributed by atoms with Gasteiger partial charge in [-0.2, -0.15) is 0 Å². The van der Waals surface area contributed by atoms with E-state index < -0.39 is 28.1 Å². The van der Waals surface area contributed by atoms with Crippen LogP contribution in [0.2, 0.25) is 0 Å². The van der Waals surface area contributed by atoms with Crippen molar-refractivity contribution >= 4 is 11.2 Å². The Bertz CT molecular complexity index is 1240. The van der Waals surface area contributed by atoms with Crippen molar-refractivity contribution in [3.05, 3.63) is 0 Å². The van der Waals surface area contributed by atoms with E-state index in [0.29, 0.717) is 35.0 Å². The van der Waals surface area contributed by atoms with Gasteiger partial charge in [-0.1, -0.05) is 34.6 Å². The molecule has 8 aliphatic rings. The first kappa shape index (κ1) is 35.1. The molecule has 2 spiro atoms. The molecule has 8 fully saturated rings. The van der Waals surface area contributed by atoms with E-state index in [9.17, 15) is 14.8 Å². The van der Waals surface area contributed by atoms with Gasteiger partial charge in [-0.05, 0) is 129 Å². The molecule has 3 aliphatic heterocycles. The molecule has 0 radical (unpaired) electrons. The predicted octanol–water partition coefficient (Wildman–Crippen LogP) is 5.15. The standard InChI is InChI=1S/C39H65NO7S/c1-9-48(43)33(35(5,6)42)25-18-23(2)30-31(46-25)32(41)37(8)27-11-10-26-34(3,4)28(47-29-19-40(16-17-45-29)24-20-44-21-24)12-13-38(26)22-39(27,38)15-14-36(30,37)7/h23-33,41-42H,9-22H2,1-8H3/t23-,25?,26+,27?,28?,29+,30+,31?,32+,33+,36-,37-,38-,39+,48?/m1/s1. The maximum Gasteiger partial charge on any atom is 0.170 e. The fourth-order valence-electron chi connectivity index (χ4n) is 14.5. The second kappa shape index (κ2) is 11.5. The number of morpholine rings is 1. The van der Waals surface area contributed by atoms with Gasteiger partial charge in [-0.3, -0.25) is 4.90 Å². The molecule has 8 rings (SSSR count). The van der Waals surface area contributed by atoms with E-state index in [2.05, 4.69) is 39.5 Å². The van der Waals surface area contributed by atoms with Crippen LogP contribution in [-0.2, 0) is 30.1 Å². The zero-order valence-electron chi connectivity index (χ0n) is 31.0. The average molecular weight is 692 g/mol. The summed E-state index contributed by atoms with van der Waals surface area (Å²) >= 11 is -1.20. The van der Waals surface area contributed by atoms with Crippen LogP contribution >= 0.6 is 0 Å². The third-order valence-electron chi connectivity index (χ3n) is 16.9. The van der Waals surface area contributed by atoms with Gasteiger partial charge in [-0.25, -0.2) is 0 Å². The van der Waals surface area contributed by atoms with Crippen LogP contribution in [0.5, 0.6) is 0 Å². The SMILES string of the molecule is CC[S+]([O-])[C@@H](C1C[C@@H](C)[C@H]2C(O1)[C@H](O)[C@@]1(C)C3CC[C@H]4C(C)(C)C(O[C@H]5CN(C6COC6)CCO5)CC[C@@]45C[C@@]35CC[C@]21C)C(C)(C)O. The normalized spacial score (nSPS) is 52.9. The molecule has 9 heteroatoms. The highest BCUT2D eigenvalue weighted by molar-refractivity contribution is 7.92. The third kappa shape index (κ3) is 4.63. The zero-order chi connectivity index (χ0) is 34.2. The largest absolute Gasteiger partial charge is 0.616 e. The smallest absolute Gasteiger partial charge is 0.170 e. The highest BCUT2D eigenvalue weighted by Crippen LogP contribution is 2.89. The van der Waals surface area contributed by atoms with Crippen molar-refractivity contribution in [1.29, 1.82) is 0 Å². The van der Waals surface area contributed by atoms with Crippen LogP contribution < -0.4 is 0 Å². The maximum absolute atomic E-state index is 13.3. The molecule has 15 atom stereocenters. The molecule has 0 aromatic rings. The number of hydrogen-bond donors (Lipinski definition) is 2. The van der Waals surface area contributed by atoms with Crippen molar-refractivity contribution in [2.45, 2.75) is 154 Å². The highest BCUT2D eigenvalue weighted by atomic mass is 32.2. The summed E-state index contributed by atoms with van der Waals surface area (Å²) < 4.78 is 38.9. The first-order chi connectivity index (χ1) is 22.5. The van der Waals surface area contributed by atoms with Gasteiger partial charge in [0.15, 0.2) is 11.5 Å². The van der Waals surface area contributed by atoms with E-state index in [4.69, 9.17) is 18.9 Å². The van der Waals surface area contributed by atoms with Crippen molar-refractivity contribution in [2.75, 3.05) is 38.7 Å². The average Bonchev–Trinajstić information content (AvgIpc) is 3.62. The van der Waals surface area contributed by atoms with Crippen LogP contribution in [0.15, 0.2) is 0 Å². The number of nitrogens with zero attached hydrogens (tertiary/aromatic N) is 1. The second-order valence-corrected chi connectivity index (χ2v) is 21.3. The number of fused-ring (bicyclic) bond motifs is 4. The van der Waals surface area contributed by atoms with Crippen molar-refractivity contribution in [2.24, 2.45) is 50.7 Å². The minimum Gasteiger partial charge on any atom is -0.616 e. The minimum absolute atomic E-state index is 0.0202. The summed E-state index contributed by atoms with van der Waals surface area (Å²) in [5.41, 5.74) is -0.700. The topological polar surface area (TPSA) is 104 Å². The molecule has 2 N–H and O–H groups in total. The second-order valence-electron chi connectivity index (χ2n) is 19.4. The molecule has 3 saturated heterocycles. The third-order valence-corrected chi connectivity index (χ3v) is 18.9. The van der Waals surface area contributed by atoms with E-state index in [1.807, 2.05) is 6.92 Å². The van der Waals surface area contributed by atoms with Gasteiger partial charge in [0.25, 0.3) is 0 Å². The van der Waals surface area contributed by atoms with Crippen molar-refractivity contribution in [3.8, 4) is 0 Å². The zero-order valence-corrected chi connectivity index (χ0v) is 31.9. The molecule has 8 nitrogen and oxygen atoms in total. The molecule has 0 amide bonds. The van der Waals surface area contributed by atoms with Crippen LogP contribution in [0.3, 0.4) is 0 Å². The van der Waals surface area contributed by atoms with Crippen LogP contribution in [0.4, 0.5) is 0 Å². The Morgan fingerprint density at radius 1 is 1.04 bits per heavy atom. The fraction of sp³-hybridized carbons (Fsp3) is 1.00. The predicted molar refractivity (Wildman–Crippen MR) is 186 cm³/mol. The van der Waals surface area contributed by atoms with E-state index in [1.165, 1.54) is 25.7 Å². The summed E-state index contributed by atoms with van der Waals surface area (Å²) in [6.45, 7) is 21.9. The number of aliphatic hydroxyl groups excluding tert-OH is 1. The summed E-state index contributed by atoms with van der Waals surface area (Å²) in [4.78, 5) is 2.50. The fourth-order valence-corrected chi connectivity index (χ4v) is 16.1. The summed E-state index contributed by atoms with van der Waals surface area (Å²) in [6, 6.07) is 0.514. The van der Waals surface area contributed by atoms with Gasteiger partial charge in [0.05, 0.1) is 50.7 Å². The Kier molecular flexibility index (Phi) is 8.41. The lowest BCUT2D eigenvalue weighted by atomic mass is 9.41. The lowest BCUT2D eigenvalue weighted by Crippen LogP contribution is -2.60. The Hall–Kier alpha value is 0.0300. The lowest BCUT2D eigenvalue weighted by molar-refractivity contribution is -0.256. The molecule has 3 heterocycles. The Balaban J connectivity index is 1.03. The number of ether oxygens (including phenoxy) is 4. The Morgan fingerprint density at radius 2 is 1.75 bits per heavy atom. The van der Waals surface area contributed by atoms with Crippen LogP contribution in [-0.4, -0.2) is 106 Å². The molecule has 274 valence electrons. The summed E-state index contributed by atoms with van der Waals surface area (Å²) in [7, 11) is 0. The summed E-state index contributed by atoms with van der Waals surface area (Å²) in [5, 5.41) is 23.3. The molecule has 5 unspecified atom stereocenters. The molecule has 5 aliphatic carbocycles. The van der Waals surface area contributed by atoms with Gasteiger partial charge < -0.3 is 33.7 Å². The van der Waals surface area contributed by atoms with E-state index in [0.717, 1.165) is 58.6 Å². The molecule has 0 bridgehead atoms. The van der Waals surface area contributed by atoms with E-state index in [-0.39, 0.29) is 52.2 Å². The van der Waals surface area contributed by atoms with Crippen LogP contribution in [0.25, 0.3) is 0 Å². The molecule has 5 saturated carbocycles. The summed E-state index contributed by atoms with van der Waals surface area (Å²) in [5.74, 6) is 2.17. The lowest BCUT2D eigenvalue weighted by Gasteiger charge is -2.64. The van der Waals surface area contributed by atoms with Crippen molar-refractivity contribution in [3.63, 3.8) is 0 Å². The minimum atomic E-state index is -1.20. The van der Waals surface area contributed by atoms with Crippen LogP contribution in [0.1, 0.15) is 107 Å². The number of hydrogen-bond acceptors (Lipinski definition) is 8. The molecule has 0 aromatic heterocycles. The van der Waals surface area contributed by atoms with Crippen LogP contribution in [0, 0.1) is 50.7 Å². The van der Waals surface area contributed by atoms with Gasteiger partial charge in [0, 0.05) is 12.0 Å². The molecular weight excluding hydrogens is 626 g/mol. The first-order valence-corrected chi connectivity index (χ1v) is 21.0. The summed E-state index contributed by atoms with van der Waals surface area (Å²) in [6.07, 6.45) is 7.99. The highest BCUT2D eigenvalue weighted by Gasteiger charge is 2.84. The molecule has 0 aromatic carbocycles. The van der Waals surface area contributed by atoms with E-state index >= 15 is 0 Å². The van der Waals surface area contributed by atoms with E-state index in [1.54, 1.807) is 13.8 Å². The van der Waals surface area contributed by atoms with Crippen molar-refractivity contribution in [1.82, 2.24) is 4.90 Å². The number of rotatable bonds is 7. The maximum atomic E-state index is 13.3. The molecule has 48 heavy (non-hydrogen) atoms. The molecular formula is C39H65NO7S. The van der Waals surface area contributed by atoms with Gasteiger partial charge in [0.2, 0.25) is 0 Å². The van der Waals surface area contributed by atoms with Gasteiger partial charge >= 0.3 is 0 Å². The Labute approximate surface area is 292 Å². The number of aliphatic hydroxyl groups is 2. The monoisotopic (exact) mass is 691 g/mol.